The van der Waals surface area contributed by atoms with Gasteiger partial charge in [-0.15, -0.1) is 0 Å². The summed E-state index contributed by atoms with van der Waals surface area (Å²) in [5, 5.41) is 5.72. The van der Waals surface area contributed by atoms with Crippen molar-refractivity contribution in [3.05, 3.63) is 46.8 Å². The predicted octanol–water partition coefficient (Wildman–Crippen LogP) is 1.95. The van der Waals surface area contributed by atoms with Crippen molar-refractivity contribution in [2.75, 3.05) is 0 Å². The highest BCUT2D eigenvalue weighted by atomic mass is 16.2. The van der Waals surface area contributed by atoms with Crippen molar-refractivity contribution in [3.8, 4) is 0 Å². The van der Waals surface area contributed by atoms with Gasteiger partial charge in [0, 0.05) is 24.1 Å². The second kappa shape index (κ2) is 5.75. The summed E-state index contributed by atoms with van der Waals surface area (Å²) in [6, 6.07) is 6.90. The van der Waals surface area contributed by atoms with Crippen molar-refractivity contribution in [2.24, 2.45) is 0 Å². The van der Waals surface area contributed by atoms with Gasteiger partial charge >= 0.3 is 0 Å². The summed E-state index contributed by atoms with van der Waals surface area (Å²) < 4.78 is 0. The number of nitrogens with one attached hydrogen (secondary N) is 2. The zero-order chi connectivity index (χ0) is 15.7. The molecule has 1 amide bonds. The maximum Gasteiger partial charge on any atom is 0.221 e. The number of benzene rings is 1. The Labute approximate surface area is 128 Å². The average molecular weight is 298 g/mol. The van der Waals surface area contributed by atoms with E-state index in [9.17, 15) is 14.4 Å². The van der Waals surface area contributed by atoms with E-state index in [4.69, 9.17) is 0 Å². The Morgan fingerprint density at radius 3 is 2.09 bits per heavy atom. The summed E-state index contributed by atoms with van der Waals surface area (Å²) in [4.78, 5) is 36.8. The lowest BCUT2D eigenvalue weighted by molar-refractivity contribution is -0.118. The number of hydrogen-bond acceptors (Lipinski definition) is 4. The molecule has 5 nitrogen and oxygen atoms in total. The number of allylic oxidation sites excluding steroid dienone is 2. The summed E-state index contributed by atoms with van der Waals surface area (Å²) in [5.41, 5.74) is 1.03. The fourth-order valence-electron chi connectivity index (χ4n) is 3.08. The second-order valence-electron chi connectivity index (χ2n) is 5.76. The van der Waals surface area contributed by atoms with Gasteiger partial charge in [-0.2, -0.15) is 0 Å². The van der Waals surface area contributed by atoms with Crippen LogP contribution < -0.4 is 10.6 Å². The van der Waals surface area contributed by atoms with Gasteiger partial charge in [-0.3, -0.25) is 14.4 Å². The van der Waals surface area contributed by atoms with Crippen molar-refractivity contribution in [1.29, 1.82) is 0 Å². The second-order valence-corrected chi connectivity index (χ2v) is 5.76. The zero-order valence-corrected chi connectivity index (χ0v) is 12.4. The Morgan fingerprint density at radius 2 is 1.55 bits per heavy atom. The van der Waals surface area contributed by atoms with E-state index in [0.717, 1.165) is 25.7 Å². The van der Waals surface area contributed by atoms with Crippen LogP contribution in [0.1, 0.15) is 53.3 Å². The molecule has 0 atom stereocenters. The molecule has 22 heavy (non-hydrogen) atoms. The highest BCUT2D eigenvalue weighted by molar-refractivity contribution is 6.27. The number of rotatable bonds is 3. The highest BCUT2D eigenvalue weighted by Gasteiger charge is 2.34. The van der Waals surface area contributed by atoms with E-state index in [1.807, 2.05) is 0 Å². The summed E-state index contributed by atoms with van der Waals surface area (Å²) >= 11 is 0. The number of ketones is 2. The van der Waals surface area contributed by atoms with Crippen LogP contribution in [0.25, 0.3) is 0 Å². The van der Waals surface area contributed by atoms with Crippen molar-refractivity contribution >= 4 is 17.5 Å². The van der Waals surface area contributed by atoms with E-state index >= 15 is 0 Å². The van der Waals surface area contributed by atoms with Gasteiger partial charge in [0.1, 0.15) is 11.4 Å². The van der Waals surface area contributed by atoms with E-state index in [1.165, 1.54) is 6.92 Å². The molecular weight excluding hydrogens is 280 g/mol. The number of amides is 1. The molecule has 2 aliphatic carbocycles. The van der Waals surface area contributed by atoms with Gasteiger partial charge in [0.15, 0.2) is 0 Å². The first-order chi connectivity index (χ1) is 10.6. The quantitative estimate of drug-likeness (QED) is 0.894. The van der Waals surface area contributed by atoms with Crippen LogP contribution in [-0.4, -0.2) is 23.5 Å². The van der Waals surface area contributed by atoms with Gasteiger partial charge in [-0.1, -0.05) is 37.1 Å². The largest absolute Gasteiger partial charge is 0.377 e. The number of hydrogen-bond donors (Lipinski definition) is 2. The normalized spacial score (nSPS) is 18.4. The third-order valence-corrected chi connectivity index (χ3v) is 4.13. The fraction of sp³-hybridized carbons (Fsp3) is 0.353. The molecule has 1 fully saturated rings. The lowest BCUT2D eigenvalue weighted by Gasteiger charge is -2.24. The Morgan fingerprint density at radius 1 is 1.00 bits per heavy atom. The van der Waals surface area contributed by atoms with Crippen molar-refractivity contribution in [3.63, 3.8) is 0 Å². The molecule has 0 spiro atoms. The number of Topliss-reactive ketones (excluding diaryl/α,β-unsaturated/α-hetero) is 2. The van der Waals surface area contributed by atoms with Gasteiger partial charge in [0.05, 0.1) is 0 Å². The molecule has 0 aliphatic heterocycles. The molecule has 0 heterocycles. The van der Waals surface area contributed by atoms with Gasteiger partial charge in [0.2, 0.25) is 17.5 Å². The third kappa shape index (κ3) is 2.54. The smallest absolute Gasteiger partial charge is 0.221 e. The molecule has 5 heteroatoms. The Bertz CT molecular complexity index is 685. The topological polar surface area (TPSA) is 75.3 Å². The molecule has 1 saturated carbocycles. The summed E-state index contributed by atoms with van der Waals surface area (Å²) in [5.74, 6) is -0.905. The van der Waals surface area contributed by atoms with Crippen LogP contribution in [0.3, 0.4) is 0 Å². The Balaban J connectivity index is 2.04. The van der Waals surface area contributed by atoms with Gasteiger partial charge in [-0.25, -0.2) is 0 Å². The van der Waals surface area contributed by atoms with Crippen LogP contribution in [0.5, 0.6) is 0 Å². The van der Waals surface area contributed by atoms with Gasteiger partial charge < -0.3 is 10.6 Å². The third-order valence-electron chi connectivity index (χ3n) is 4.13. The molecule has 0 unspecified atom stereocenters. The first-order valence-electron chi connectivity index (χ1n) is 7.54. The minimum atomic E-state index is -0.360. The number of carbonyl (C=O) groups is 3. The molecule has 2 N–H and O–H groups in total. The molecular formula is C17H18N2O3. The number of carbonyl (C=O) groups excluding carboxylic acids is 3. The summed E-state index contributed by atoms with van der Waals surface area (Å²) in [6.45, 7) is 1.33. The van der Waals surface area contributed by atoms with Crippen LogP contribution in [-0.2, 0) is 4.79 Å². The molecule has 3 rings (SSSR count). The van der Waals surface area contributed by atoms with Crippen LogP contribution in [0.2, 0.25) is 0 Å². The first-order valence-corrected chi connectivity index (χ1v) is 7.54. The molecule has 2 aliphatic rings. The van der Waals surface area contributed by atoms with Gasteiger partial charge in [0.25, 0.3) is 0 Å². The van der Waals surface area contributed by atoms with E-state index in [2.05, 4.69) is 10.6 Å². The van der Waals surface area contributed by atoms with E-state index in [0.29, 0.717) is 11.1 Å². The van der Waals surface area contributed by atoms with Crippen LogP contribution in [0, 0.1) is 0 Å². The van der Waals surface area contributed by atoms with Crippen molar-refractivity contribution in [2.45, 2.75) is 38.6 Å². The zero-order valence-electron chi connectivity index (χ0n) is 12.4. The van der Waals surface area contributed by atoms with Crippen molar-refractivity contribution < 1.29 is 14.4 Å². The van der Waals surface area contributed by atoms with Crippen LogP contribution in [0.4, 0.5) is 0 Å². The molecule has 0 aromatic heterocycles. The predicted molar refractivity (Wildman–Crippen MR) is 81.3 cm³/mol. The minimum absolute atomic E-state index is 0.0723. The van der Waals surface area contributed by atoms with Crippen LogP contribution >= 0.6 is 0 Å². The Kier molecular flexibility index (Phi) is 3.79. The molecule has 114 valence electrons. The first kappa shape index (κ1) is 14.5. The van der Waals surface area contributed by atoms with E-state index in [-0.39, 0.29) is 34.9 Å². The highest BCUT2D eigenvalue weighted by Crippen LogP contribution is 2.26. The maximum atomic E-state index is 12.7. The molecule has 1 aromatic rings. The summed E-state index contributed by atoms with van der Waals surface area (Å²) in [6.07, 6.45) is 4.16. The monoisotopic (exact) mass is 298 g/mol. The fourth-order valence-corrected chi connectivity index (χ4v) is 3.08. The standard InChI is InChI=1S/C17H18N2O3/c1-10(20)18-14-15(19-11-6-2-3-7-11)17(22)13-9-5-4-8-12(13)16(14)21/h4-5,8-9,11,19H,2-3,6-7H2,1H3,(H,18,20). The molecule has 0 saturated heterocycles. The minimum Gasteiger partial charge on any atom is -0.377 e. The summed E-state index contributed by atoms with van der Waals surface area (Å²) in [7, 11) is 0. The van der Waals surface area contributed by atoms with Crippen LogP contribution in [0.15, 0.2) is 35.7 Å². The molecule has 1 aromatic carbocycles. The molecule has 0 bridgehead atoms. The van der Waals surface area contributed by atoms with Crippen molar-refractivity contribution in [1.82, 2.24) is 10.6 Å². The lowest BCUT2D eigenvalue weighted by Crippen LogP contribution is -2.40. The van der Waals surface area contributed by atoms with Gasteiger partial charge in [-0.05, 0) is 12.8 Å². The SMILES string of the molecule is CC(=O)NC1=C(NC2CCCC2)C(=O)c2ccccc2C1=O. The number of fused-ring (bicyclic) bond motifs is 1. The molecule has 0 radical (unpaired) electrons. The van der Waals surface area contributed by atoms with E-state index in [1.54, 1.807) is 24.3 Å². The maximum absolute atomic E-state index is 12.7. The average Bonchev–Trinajstić information content (AvgIpc) is 3.01. The Hall–Kier alpha value is -2.43. The van der Waals surface area contributed by atoms with E-state index < -0.39 is 0 Å². The lowest BCUT2D eigenvalue weighted by atomic mass is 9.90.